The number of carboxylic acid groups (broad SMARTS) is 1. The van der Waals surface area contributed by atoms with Gasteiger partial charge in [-0.05, 0) is 36.6 Å². The van der Waals surface area contributed by atoms with Gasteiger partial charge >= 0.3 is 5.97 Å². The fourth-order valence-corrected chi connectivity index (χ4v) is 2.04. The van der Waals surface area contributed by atoms with Crippen molar-refractivity contribution < 1.29 is 9.90 Å². The van der Waals surface area contributed by atoms with Gasteiger partial charge in [-0.25, -0.2) is 0 Å². The number of rotatable bonds is 8. The summed E-state index contributed by atoms with van der Waals surface area (Å²) in [6.07, 6.45) is 0.898. The highest BCUT2D eigenvalue weighted by molar-refractivity contribution is 5.67. The Kier molecular flexibility index (Phi) is 6.52. The topological polar surface area (TPSA) is 52.6 Å². The van der Waals surface area contributed by atoms with Crippen LogP contribution in [0.25, 0.3) is 0 Å². The Morgan fingerprint density at radius 2 is 1.85 bits per heavy atom. The van der Waals surface area contributed by atoms with Gasteiger partial charge in [-0.2, -0.15) is 0 Å². The Bertz CT molecular complexity index is 413. The van der Waals surface area contributed by atoms with Crippen molar-refractivity contribution in [2.75, 3.05) is 25.5 Å². The van der Waals surface area contributed by atoms with E-state index in [2.05, 4.69) is 48.3 Å². The van der Waals surface area contributed by atoms with Crippen molar-refractivity contribution >= 4 is 11.7 Å². The molecule has 0 aliphatic rings. The fraction of sp³-hybridized carbons (Fsp3) is 0.562. The molecule has 0 heterocycles. The minimum atomic E-state index is -0.754. The van der Waals surface area contributed by atoms with Crippen molar-refractivity contribution in [3.63, 3.8) is 0 Å². The first-order valence-electron chi connectivity index (χ1n) is 7.10. The Labute approximate surface area is 121 Å². The number of nitrogens with zero attached hydrogens (tertiary/aromatic N) is 1. The molecular weight excluding hydrogens is 252 g/mol. The molecular formula is C16H26N2O2. The lowest BCUT2D eigenvalue weighted by molar-refractivity contribution is -0.137. The maximum absolute atomic E-state index is 10.9. The first-order chi connectivity index (χ1) is 9.38. The fourth-order valence-electron chi connectivity index (χ4n) is 2.04. The largest absolute Gasteiger partial charge is 0.481 e. The van der Waals surface area contributed by atoms with Crippen LogP contribution in [0.2, 0.25) is 0 Å². The van der Waals surface area contributed by atoms with Crippen molar-refractivity contribution in [2.24, 2.45) is 5.92 Å². The van der Waals surface area contributed by atoms with Crippen LogP contribution >= 0.6 is 0 Å². The molecule has 0 saturated heterocycles. The van der Waals surface area contributed by atoms with Gasteiger partial charge in [0.2, 0.25) is 0 Å². The summed E-state index contributed by atoms with van der Waals surface area (Å²) in [5.74, 6) is -0.237. The molecule has 1 aromatic rings. The lowest BCUT2D eigenvalue weighted by Crippen LogP contribution is -2.35. The molecule has 0 aromatic heterocycles. The molecule has 0 radical (unpaired) electrons. The van der Waals surface area contributed by atoms with Crippen molar-refractivity contribution in [3.05, 3.63) is 29.8 Å². The molecule has 112 valence electrons. The van der Waals surface area contributed by atoms with Gasteiger partial charge in [0.15, 0.2) is 0 Å². The predicted octanol–water partition coefficient (Wildman–Crippen LogP) is 2.38. The van der Waals surface area contributed by atoms with E-state index in [1.165, 1.54) is 0 Å². The molecule has 2 N–H and O–H groups in total. The third kappa shape index (κ3) is 6.06. The Hall–Kier alpha value is -1.55. The predicted molar refractivity (Wildman–Crippen MR) is 83.4 cm³/mol. The number of nitrogens with one attached hydrogen (secondary N) is 1. The molecule has 0 spiro atoms. The summed E-state index contributed by atoms with van der Waals surface area (Å²) in [5.41, 5.74) is 2.32. The Balaban J connectivity index is 2.65. The molecule has 1 atom stereocenters. The van der Waals surface area contributed by atoms with E-state index in [1.807, 2.05) is 14.1 Å². The second-order valence-corrected chi connectivity index (χ2v) is 5.86. The van der Waals surface area contributed by atoms with Gasteiger partial charge < -0.3 is 15.3 Å². The molecule has 0 fully saturated rings. The van der Waals surface area contributed by atoms with Crippen LogP contribution in [0.4, 0.5) is 5.69 Å². The molecule has 0 saturated carbocycles. The smallest absolute Gasteiger partial charge is 0.304 e. The molecule has 4 nitrogen and oxygen atoms in total. The zero-order valence-electron chi connectivity index (χ0n) is 12.9. The number of hydrogen-bond acceptors (Lipinski definition) is 3. The quantitative estimate of drug-likeness (QED) is 0.766. The molecule has 1 aromatic carbocycles. The number of benzene rings is 1. The number of carbonyl (C=O) groups is 1. The zero-order chi connectivity index (χ0) is 15.1. The molecule has 0 amide bonds. The third-order valence-corrected chi connectivity index (χ3v) is 3.17. The van der Waals surface area contributed by atoms with Crippen molar-refractivity contribution in [2.45, 2.75) is 32.7 Å². The third-order valence-electron chi connectivity index (χ3n) is 3.17. The number of anilines is 1. The van der Waals surface area contributed by atoms with Crippen LogP contribution in [-0.2, 0) is 11.2 Å². The number of hydrogen-bond donors (Lipinski definition) is 2. The van der Waals surface area contributed by atoms with E-state index in [9.17, 15) is 4.79 Å². The van der Waals surface area contributed by atoms with Crippen LogP contribution in [0, 0.1) is 5.92 Å². The van der Waals surface area contributed by atoms with Crippen LogP contribution in [0.1, 0.15) is 25.8 Å². The average Bonchev–Trinajstić information content (AvgIpc) is 2.36. The van der Waals surface area contributed by atoms with E-state index >= 15 is 0 Å². The van der Waals surface area contributed by atoms with E-state index in [-0.39, 0.29) is 12.5 Å². The van der Waals surface area contributed by atoms with Crippen LogP contribution in [0.5, 0.6) is 0 Å². The second kappa shape index (κ2) is 7.90. The molecule has 0 aliphatic heterocycles. The highest BCUT2D eigenvalue weighted by Crippen LogP contribution is 2.14. The van der Waals surface area contributed by atoms with E-state index in [0.29, 0.717) is 5.92 Å². The van der Waals surface area contributed by atoms with Crippen LogP contribution < -0.4 is 10.2 Å². The number of carboxylic acids is 1. The van der Waals surface area contributed by atoms with Gasteiger partial charge in [0.05, 0.1) is 6.42 Å². The van der Waals surface area contributed by atoms with Gasteiger partial charge in [-0.15, -0.1) is 0 Å². The number of aliphatic carboxylic acids is 1. The van der Waals surface area contributed by atoms with Crippen molar-refractivity contribution in [3.8, 4) is 0 Å². The maximum atomic E-state index is 10.9. The van der Waals surface area contributed by atoms with Gasteiger partial charge in [0.25, 0.3) is 0 Å². The second-order valence-electron chi connectivity index (χ2n) is 5.86. The van der Waals surface area contributed by atoms with Crippen LogP contribution in [0.15, 0.2) is 24.3 Å². The summed E-state index contributed by atoms with van der Waals surface area (Å²) in [5, 5.41) is 12.3. The average molecular weight is 278 g/mol. The Morgan fingerprint density at radius 3 is 2.30 bits per heavy atom. The summed E-state index contributed by atoms with van der Waals surface area (Å²) in [6.45, 7) is 5.08. The lowest BCUT2D eigenvalue weighted by atomic mass is 10.0. The molecule has 0 aliphatic carbocycles. The minimum Gasteiger partial charge on any atom is -0.481 e. The Morgan fingerprint density at radius 1 is 1.25 bits per heavy atom. The highest BCUT2D eigenvalue weighted by atomic mass is 16.4. The van der Waals surface area contributed by atoms with Crippen LogP contribution in [0.3, 0.4) is 0 Å². The SMILES string of the molecule is CC(C)CNC(CC(=O)O)Cc1ccc(N(C)C)cc1. The maximum Gasteiger partial charge on any atom is 0.304 e. The summed E-state index contributed by atoms with van der Waals surface area (Å²) in [7, 11) is 4.01. The van der Waals surface area contributed by atoms with Gasteiger partial charge in [0.1, 0.15) is 0 Å². The summed E-state index contributed by atoms with van der Waals surface area (Å²) in [6, 6.07) is 8.26. The molecule has 20 heavy (non-hydrogen) atoms. The van der Waals surface area contributed by atoms with Gasteiger partial charge in [-0.1, -0.05) is 26.0 Å². The summed E-state index contributed by atoms with van der Waals surface area (Å²) < 4.78 is 0. The normalized spacial score (nSPS) is 12.4. The molecule has 4 heteroatoms. The standard InChI is InChI=1S/C16H26N2O2/c1-12(2)11-17-14(10-16(19)20)9-13-5-7-15(8-6-13)18(3)4/h5-8,12,14,17H,9-11H2,1-4H3,(H,19,20). The zero-order valence-corrected chi connectivity index (χ0v) is 12.9. The summed E-state index contributed by atoms with van der Waals surface area (Å²) >= 11 is 0. The van der Waals surface area contributed by atoms with Crippen molar-refractivity contribution in [1.82, 2.24) is 5.32 Å². The minimum absolute atomic E-state index is 0.0138. The molecule has 1 unspecified atom stereocenters. The molecule has 0 bridgehead atoms. The van der Waals surface area contributed by atoms with E-state index < -0.39 is 5.97 Å². The first kappa shape index (κ1) is 16.5. The first-order valence-corrected chi connectivity index (χ1v) is 7.10. The highest BCUT2D eigenvalue weighted by Gasteiger charge is 2.14. The van der Waals surface area contributed by atoms with E-state index in [1.54, 1.807) is 0 Å². The van der Waals surface area contributed by atoms with E-state index in [0.717, 1.165) is 24.2 Å². The van der Waals surface area contributed by atoms with Crippen molar-refractivity contribution in [1.29, 1.82) is 0 Å². The summed E-state index contributed by atoms with van der Waals surface area (Å²) in [4.78, 5) is 13.0. The van der Waals surface area contributed by atoms with E-state index in [4.69, 9.17) is 5.11 Å². The lowest BCUT2D eigenvalue weighted by Gasteiger charge is -2.19. The van der Waals surface area contributed by atoms with Gasteiger partial charge in [0, 0.05) is 25.8 Å². The van der Waals surface area contributed by atoms with Gasteiger partial charge in [-0.3, -0.25) is 4.79 Å². The monoisotopic (exact) mass is 278 g/mol. The van der Waals surface area contributed by atoms with Crippen LogP contribution in [-0.4, -0.2) is 37.8 Å². The molecule has 1 rings (SSSR count).